The third-order valence-electron chi connectivity index (χ3n) is 3.72. The van der Waals surface area contributed by atoms with Crippen molar-refractivity contribution >= 4 is 29.1 Å². The lowest BCUT2D eigenvalue weighted by Crippen LogP contribution is -2.35. The van der Waals surface area contributed by atoms with Gasteiger partial charge in [0.05, 0.1) is 10.6 Å². The fourth-order valence-corrected chi connectivity index (χ4v) is 2.51. The highest BCUT2D eigenvalue weighted by molar-refractivity contribution is 6.33. The van der Waals surface area contributed by atoms with Crippen molar-refractivity contribution in [1.82, 2.24) is 10.6 Å². The molecule has 0 aromatic heterocycles. The van der Waals surface area contributed by atoms with Crippen LogP contribution in [0, 0.1) is 0 Å². The fourth-order valence-electron chi connectivity index (χ4n) is 2.29. The van der Waals surface area contributed by atoms with E-state index in [4.69, 9.17) is 11.6 Å². The van der Waals surface area contributed by atoms with Crippen LogP contribution in [-0.4, -0.2) is 38.5 Å². The Kier molecular flexibility index (Phi) is 7.29. The van der Waals surface area contributed by atoms with Gasteiger partial charge in [0, 0.05) is 38.8 Å². The molecule has 0 aliphatic carbocycles. The Morgan fingerprint density at radius 3 is 2.36 bits per heavy atom. The average molecular weight is 360 g/mol. The summed E-state index contributed by atoms with van der Waals surface area (Å²) in [5.74, 6) is -0.372. The Balaban J connectivity index is 1.64. The zero-order valence-electron chi connectivity index (χ0n) is 14.2. The summed E-state index contributed by atoms with van der Waals surface area (Å²) in [7, 11) is 1.98. The zero-order chi connectivity index (χ0) is 18.1. The van der Waals surface area contributed by atoms with Crippen LogP contribution in [0.4, 0.5) is 5.69 Å². The van der Waals surface area contributed by atoms with Crippen LogP contribution in [0.25, 0.3) is 0 Å². The first-order chi connectivity index (χ1) is 12.1. The first kappa shape index (κ1) is 18.8. The Labute approximate surface area is 153 Å². The van der Waals surface area contributed by atoms with Gasteiger partial charge in [0.1, 0.15) is 0 Å². The molecule has 0 fully saturated rings. The second-order valence-corrected chi connectivity index (χ2v) is 6.00. The van der Waals surface area contributed by atoms with Crippen molar-refractivity contribution in [3.8, 4) is 0 Å². The summed E-state index contributed by atoms with van der Waals surface area (Å²) in [5, 5.41) is 5.95. The van der Waals surface area contributed by atoms with Gasteiger partial charge in [-0.05, 0) is 24.3 Å². The summed E-state index contributed by atoms with van der Waals surface area (Å²) >= 11 is 5.96. The number of hydrogen-bond acceptors (Lipinski definition) is 3. The van der Waals surface area contributed by atoms with Crippen molar-refractivity contribution in [1.29, 1.82) is 0 Å². The second-order valence-electron chi connectivity index (χ2n) is 5.59. The number of carbonyl (C=O) groups is 2. The molecule has 6 heteroatoms. The van der Waals surface area contributed by atoms with Gasteiger partial charge in [-0.1, -0.05) is 41.9 Å². The van der Waals surface area contributed by atoms with Gasteiger partial charge < -0.3 is 15.5 Å². The minimum absolute atomic E-state index is 0.0964. The van der Waals surface area contributed by atoms with Crippen molar-refractivity contribution in [3.63, 3.8) is 0 Å². The van der Waals surface area contributed by atoms with E-state index in [1.165, 1.54) is 0 Å². The number of anilines is 1. The van der Waals surface area contributed by atoms with E-state index >= 15 is 0 Å². The second kappa shape index (κ2) is 9.69. The lowest BCUT2D eigenvalue weighted by atomic mass is 10.2. The molecule has 0 aliphatic rings. The molecular weight excluding hydrogens is 338 g/mol. The van der Waals surface area contributed by atoms with Crippen LogP contribution in [0.1, 0.15) is 16.8 Å². The fraction of sp³-hybridized carbons (Fsp3) is 0.263. The van der Waals surface area contributed by atoms with Gasteiger partial charge in [0.2, 0.25) is 5.91 Å². The largest absolute Gasteiger partial charge is 0.373 e. The summed E-state index contributed by atoms with van der Waals surface area (Å²) in [6, 6.07) is 16.8. The third kappa shape index (κ3) is 6.12. The Hall–Kier alpha value is -2.53. The minimum atomic E-state index is -0.276. The highest BCUT2D eigenvalue weighted by Gasteiger charge is 2.09. The summed E-state index contributed by atoms with van der Waals surface area (Å²) < 4.78 is 0. The minimum Gasteiger partial charge on any atom is -0.373 e. The quantitative estimate of drug-likeness (QED) is 0.761. The normalized spacial score (nSPS) is 10.2. The Bertz CT molecular complexity index is 707. The molecular formula is C19H22ClN3O2. The molecule has 5 nitrogen and oxygen atoms in total. The summed E-state index contributed by atoms with van der Waals surface area (Å²) in [5.41, 5.74) is 1.51. The molecule has 0 aliphatic heterocycles. The highest BCUT2D eigenvalue weighted by Crippen LogP contribution is 2.14. The first-order valence-corrected chi connectivity index (χ1v) is 8.51. The van der Waals surface area contributed by atoms with Crippen molar-refractivity contribution < 1.29 is 9.59 Å². The van der Waals surface area contributed by atoms with Crippen LogP contribution >= 0.6 is 11.6 Å². The van der Waals surface area contributed by atoms with Gasteiger partial charge in [-0.15, -0.1) is 0 Å². The van der Waals surface area contributed by atoms with Crippen LogP contribution in [0.5, 0.6) is 0 Å². The number of nitrogens with one attached hydrogen (secondary N) is 2. The predicted molar refractivity (Wildman–Crippen MR) is 101 cm³/mol. The standard InChI is InChI=1S/C19H22ClN3O2/c1-23(15-7-3-2-4-8-15)14-13-21-18(24)11-12-22-19(25)16-9-5-6-10-17(16)20/h2-10H,11-14H2,1H3,(H,21,24)(H,22,25). The number of nitrogens with zero attached hydrogens (tertiary/aromatic N) is 1. The molecule has 2 aromatic rings. The van der Waals surface area contributed by atoms with Crippen LogP contribution < -0.4 is 15.5 Å². The molecule has 0 heterocycles. The van der Waals surface area contributed by atoms with Crippen LogP contribution in [0.3, 0.4) is 0 Å². The van der Waals surface area contributed by atoms with Gasteiger partial charge in [-0.2, -0.15) is 0 Å². The monoisotopic (exact) mass is 359 g/mol. The van der Waals surface area contributed by atoms with E-state index in [1.54, 1.807) is 24.3 Å². The van der Waals surface area contributed by atoms with E-state index in [9.17, 15) is 9.59 Å². The molecule has 0 saturated carbocycles. The van der Waals surface area contributed by atoms with Gasteiger partial charge in [0.15, 0.2) is 0 Å². The molecule has 0 radical (unpaired) electrons. The smallest absolute Gasteiger partial charge is 0.252 e. The SMILES string of the molecule is CN(CCNC(=O)CCNC(=O)c1ccccc1Cl)c1ccccc1. The van der Waals surface area contributed by atoms with E-state index in [0.29, 0.717) is 23.7 Å². The van der Waals surface area contributed by atoms with Crippen molar-refractivity contribution in [3.05, 3.63) is 65.2 Å². The molecule has 132 valence electrons. The van der Waals surface area contributed by atoms with E-state index in [2.05, 4.69) is 15.5 Å². The van der Waals surface area contributed by atoms with Crippen molar-refractivity contribution in [2.45, 2.75) is 6.42 Å². The van der Waals surface area contributed by atoms with Crippen LogP contribution in [0.15, 0.2) is 54.6 Å². The molecule has 25 heavy (non-hydrogen) atoms. The number of likely N-dealkylation sites (N-methyl/N-ethyl adjacent to an activating group) is 1. The van der Waals surface area contributed by atoms with Crippen molar-refractivity contribution in [2.75, 3.05) is 31.6 Å². The topological polar surface area (TPSA) is 61.4 Å². The Morgan fingerprint density at radius 2 is 1.64 bits per heavy atom. The van der Waals surface area contributed by atoms with Gasteiger partial charge in [-0.3, -0.25) is 9.59 Å². The molecule has 0 unspecified atom stereocenters. The summed E-state index contributed by atoms with van der Waals surface area (Å²) in [6.07, 6.45) is 0.227. The number of para-hydroxylation sites is 1. The van der Waals surface area contributed by atoms with Crippen LogP contribution in [0.2, 0.25) is 5.02 Å². The highest BCUT2D eigenvalue weighted by atomic mass is 35.5. The number of carbonyl (C=O) groups excluding carboxylic acids is 2. The summed E-state index contributed by atoms with van der Waals surface area (Å²) in [6.45, 7) is 1.52. The van der Waals surface area contributed by atoms with E-state index in [-0.39, 0.29) is 24.8 Å². The van der Waals surface area contributed by atoms with E-state index in [1.807, 2.05) is 37.4 Å². The molecule has 2 rings (SSSR count). The maximum absolute atomic E-state index is 12.0. The molecule has 0 spiro atoms. The molecule has 0 saturated heterocycles. The van der Waals surface area contributed by atoms with E-state index in [0.717, 1.165) is 5.69 Å². The third-order valence-corrected chi connectivity index (χ3v) is 4.05. The van der Waals surface area contributed by atoms with Gasteiger partial charge in [-0.25, -0.2) is 0 Å². The van der Waals surface area contributed by atoms with Crippen molar-refractivity contribution in [2.24, 2.45) is 0 Å². The lowest BCUT2D eigenvalue weighted by molar-refractivity contribution is -0.120. The maximum Gasteiger partial charge on any atom is 0.252 e. The molecule has 2 N–H and O–H groups in total. The molecule has 0 bridgehead atoms. The van der Waals surface area contributed by atoms with Gasteiger partial charge in [0.25, 0.3) is 5.91 Å². The molecule has 2 aromatic carbocycles. The van der Waals surface area contributed by atoms with Gasteiger partial charge >= 0.3 is 0 Å². The van der Waals surface area contributed by atoms with E-state index < -0.39 is 0 Å². The maximum atomic E-state index is 12.0. The lowest BCUT2D eigenvalue weighted by Gasteiger charge is -2.19. The number of rotatable bonds is 8. The molecule has 0 atom stereocenters. The average Bonchev–Trinajstić information content (AvgIpc) is 2.62. The molecule has 2 amide bonds. The first-order valence-electron chi connectivity index (χ1n) is 8.13. The number of halogens is 1. The number of hydrogen-bond donors (Lipinski definition) is 2. The predicted octanol–water partition coefficient (Wildman–Crippen LogP) is 2.71. The van der Waals surface area contributed by atoms with Crippen LogP contribution in [-0.2, 0) is 4.79 Å². The summed E-state index contributed by atoms with van der Waals surface area (Å²) in [4.78, 5) is 25.9. The number of amides is 2. The Morgan fingerprint density at radius 1 is 0.960 bits per heavy atom. The number of benzene rings is 2. The zero-order valence-corrected chi connectivity index (χ0v) is 14.9.